The Kier molecular flexibility index (Phi) is 5.48. The minimum atomic E-state index is -4.50. The van der Waals surface area contributed by atoms with E-state index in [2.05, 4.69) is 4.98 Å². The highest BCUT2D eigenvalue weighted by Gasteiger charge is 2.38. The van der Waals surface area contributed by atoms with E-state index in [1.54, 1.807) is 12.1 Å². The van der Waals surface area contributed by atoms with Gasteiger partial charge in [0.15, 0.2) is 12.1 Å². The Bertz CT molecular complexity index is 994. The molecule has 0 radical (unpaired) electrons. The molecule has 10 heteroatoms. The molecule has 3 heterocycles. The second-order valence-electron chi connectivity index (χ2n) is 7.29. The molecule has 0 N–H and O–H groups in total. The lowest BCUT2D eigenvalue weighted by Crippen LogP contribution is -2.23. The number of hydrogen-bond donors (Lipinski definition) is 0. The maximum absolute atomic E-state index is 13.7. The Hall–Kier alpha value is -2.20. The van der Waals surface area contributed by atoms with E-state index in [1.807, 2.05) is 51.7 Å². The molecule has 0 spiro atoms. The van der Waals surface area contributed by atoms with Crippen LogP contribution in [0.4, 0.5) is 18.9 Å². The molecule has 0 aliphatic carbocycles. The summed E-state index contributed by atoms with van der Waals surface area (Å²) in [6, 6.07) is 5.28. The number of ether oxygens (including phenoxy) is 1. The van der Waals surface area contributed by atoms with Gasteiger partial charge in [0.25, 0.3) is 6.33 Å². The summed E-state index contributed by atoms with van der Waals surface area (Å²) in [7, 11) is 3.79. The smallest absolute Gasteiger partial charge is 0.381 e. The number of aryl methyl sites for hydroxylation is 1. The van der Waals surface area contributed by atoms with Crippen LogP contribution in [0, 0.1) is 5.92 Å². The zero-order chi connectivity index (χ0) is 20.6. The van der Waals surface area contributed by atoms with Crippen LogP contribution in [-0.4, -0.2) is 33.8 Å². The number of rotatable bonds is 5. The van der Waals surface area contributed by atoms with E-state index >= 15 is 0 Å². The van der Waals surface area contributed by atoms with Crippen LogP contribution in [-0.2, 0) is 24.5 Å². The van der Waals surface area contributed by atoms with Crippen LogP contribution in [0.2, 0.25) is 0 Å². The predicted molar refractivity (Wildman–Crippen MR) is 105 cm³/mol. The molecule has 3 aromatic rings. The first-order chi connectivity index (χ1) is 13.8. The van der Waals surface area contributed by atoms with Crippen molar-refractivity contribution >= 4 is 28.9 Å². The van der Waals surface area contributed by atoms with E-state index in [0.29, 0.717) is 30.8 Å². The number of nitrogens with zero attached hydrogens (tertiary/aromatic N) is 5. The van der Waals surface area contributed by atoms with Crippen molar-refractivity contribution in [1.82, 2.24) is 13.5 Å². The van der Waals surface area contributed by atoms with E-state index in [-0.39, 0.29) is 5.92 Å². The lowest BCUT2D eigenvalue weighted by molar-refractivity contribution is -0.670. The molecule has 156 valence electrons. The van der Waals surface area contributed by atoms with Gasteiger partial charge in [0.1, 0.15) is 12.4 Å². The number of aromatic nitrogens is 4. The highest BCUT2D eigenvalue weighted by molar-refractivity contribution is 7.99. The first-order valence-corrected chi connectivity index (χ1v) is 10.1. The number of anilines is 1. The fraction of sp³-hybridized carbons (Fsp3) is 0.474. The van der Waals surface area contributed by atoms with E-state index in [9.17, 15) is 13.2 Å². The molecule has 6 nitrogen and oxygen atoms in total. The van der Waals surface area contributed by atoms with Gasteiger partial charge in [-0.1, -0.05) is 0 Å². The van der Waals surface area contributed by atoms with E-state index in [0.717, 1.165) is 18.5 Å². The average Bonchev–Trinajstić information content (AvgIpc) is 3.25. The van der Waals surface area contributed by atoms with Crippen molar-refractivity contribution < 1.29 is 22.5 Å². The van der Waals surface area contributed by atoms with Gasteiger partial charge in [0, 0.05) is 26.8 Å². The Balaban J connectivity index is 1.65. The van der Waals surface area contributed by atoms with Crippen LogP contribution in [0.3, 0.4) is 0 Å². The highest BCUT2D eigenvalue weighted by Crippen LogP contribution is 2.35. The number of halogens is 3. The molecule has 1 saturated heterocycles. The molecule has 0 atom stereocenters. The molecule has 0 unspecified atom stereocenters. The molecule has 0 amide bonds. The highest BCUT2D eigenvalue weighted by atomic mass is 32.2. The van der Waals surface area contributed by atoms with Gasteiger partial charge in [-0.3, -0.25) is 4.31 Å². The fourth-order valence-electron chi connectivity index (χ4n) is 3.57. The van der Waals surface area contributed by atoms with Crippen molar-refractivity contribution in [3.8, 4) is 0 Å². The van der Waals surface area contributed by atoms with Crippen molar-refractivity contribution in [3.63, 3.8) is 0 Å². The minimum absolute atomic E-state index is 0.162. The third-order valence-corrected chi connectivity index (χ3v) is 5.95. The molecule has 1 aliphatic heterocycles. The number of hydrogen-bond acceptors (Lipinski definition) is 4. The second-order valence-corrected chi connectivity index (χ2v) is 8.42. The predicted octanol–water partition coefficient (Wildman–Crippen LogP) is 3.66. The van der Waals surface area contributed by atoms with Crippen LogP contribution in [0.5, 0.6) is 0 Å². The number of imidazole rings is 2. The number of benzene rings is 1. The molecule has 1 fully saturated rings. The monoisotopic (exact) mass is 426 g/mol. The van der Waals surface area contributed by atoms with E-state index in [4.69, 9.17) is 4.74 Å². The van der Waals surface area contributed by atoms with Gasteiger partial charge in [0.2, 0.25) is 5.82 Å². The molecule has 1 aliphatic rings. The van der Waals surface area contributed by atoms with Gasteiger partial charge in [-0.15, -0.1) is 0 Å². The lowest BCUT2D eigenvalue weighted by Gasteiger charge is -2.24. The Morgan fingerprint density at radius 3 is 2.72 bits per heavy atom. The van der Waals surface area contributed by atoms with Crippen LogP contribution in [0.1, 0.15) is 18.7 Å². The summed E-state index contributed by atoms with van der Waals surface area (Å²) in [6.07, 6.45) is 2.77. The minimum Gasteiger partial charge on any atom is -0.381 e. The molecule has 1 aromatic carbocycles. The van der Waals surface area contributed by atoms with Crippen LogP contribution < -0.4 is 8.87 Å². The van der Waals surface area contributed by atoms with Gasteiger partial charge < -0.3 is 9.30 Å². The van der Waals surface area contributed by atoms with Gasteiger partial charge in [0.05, 0.1) is 23.8 Å². The van der Waals surface area contributed by atoms with Gasteiger partial charge in [-0.2, -0.15) is 17.1 Å². The summed E-state index contributed by atoms with van der Waals surface area (Å²) < 4.78 is 53.4. The number of alkyl halides is 3. The Labute approximate surface area is 171 Å². The normalized spacial score (nSPS) is 15.9. The van der Waals surface area contributed by atoms with Gasteiger partial charge in [-0.25, -0.2) is 9.55 Å². The standard InChI is InChI=1S/C19H23F3N5OS/c1-24-7-8-26(13-24)29-25(2)15-3-4-17-16(11-15)23-18(19(20,21)22)27(17)12-14-5-9-28-10-6-14/h3-4,7-8,11,13-14H,5-6,9-10,12H2,1-2H3/q+1. The summed E-state index contributed by atoms with van der Waals surface area (Å²) in [5.41, 5.74) is 1.65. The zero-order valence-electron chi connectivity index (χ0n) is 16.3. The second kappa shape index (κ2) is 7.91. The molecular weight excluding hydrogens is 403 g/mol. The summed E-state index contributed by atoms with van der Waals surface area (Å²) in [5.74, 6) is -0.668. The third-order valence-electron chi connectivity index (χ3n) is 5.09. The summed E-state index contributed by atoms with van der Waals surface area (Å²) >= 11 is 1.43. The molecule has 29 heavy (non-hydrogen) atoms. The molecule has 4 rings (SSSR count). The fourth-order valence-corrected chi connectivity index (χ4v) is 4.36. The summed E-state index contributed by atoms with van der Waals surface area (Å²) in [4.78, 5) is 3.96. The number of fused-ring (bicyclic) bond motifs is 1. The van der Waals surface area contributed by atoms with Crippen molar-refractivity contribution in [2.75, 3.05) is 24.6 Å². The largest absolute Gasteiger partial charge is 0.449 e. The van der Waals surface area contributed by atoms with Crippen molar-refractivity contribution in [2.45, 2.75) is 25.6 Å². The Morgan fingerprint density at radius 2 is 2.07 bits per heavy atom. The van der Waals surface area contributed by atoms with Crippen molar-refractivity contribution in [3.05, 3.63) is 42.7 Å². The first-order valence-electron chi connectivity index (χ1n) is 9.42. The Morgan fingerprint density at radius 1 is 1.31 bits per heavy atom. The quantitative estimate of drug-likeness (QED) is 0.461. The molecule has 2 aromatic heterocycles. The molecule has 0 saturated carbocycles. The SMILES string of the molecule is CN(Sn1cc[n+](C)c1)c1ccc2c(c1)nc(C(F)(F)F)n2CC1CCOCC1. The van der Waals surface area contributed by atoms with E-state index < -0.39 is 12.0 Å². The van der Waals surface area contributed by atoms with Crippen LogP contribution in [0.15, 0.2) is 36.9 Å². The third kappa shape index (κ3) is 4.37. The van der Waals surface area contributed by atoms with Crippen LogP contribution in [0.25, 0.3) is 11.0 Å². The topological polar surface area (TPSA) is 39.1 Å². The average molecular weight is 426 g/mol. The zero-order valence-corrected chi connectivity index (χ0v) is 17.1. The van der Waals surface area contributed by atoms with Crippen LogP contribution >= 0.6 is 12.1 Å². The van der Waals surface area contributed by atoms with Gasteiger partial charge in [-0.05, 0) is 37.0 Å². The van der Waals surface area contributed by atoms with Gasteiger partial charge >= 0.3 is 6.18 Å². The summed E-state index contributed by atoms with van der Waals surface area (Å²) in [5, 5.41) is 0. The maximum atomic E-state index is 13.7. The van der Waals surface area contributed by atoms with Crippen molar-refractivity contribution in [2.24, 2.45) is 13.0 Å². The summed E-state index contributed by atoms with van der Waals surface area (Å²) in [6.45, 7) is 1.50. The molecular formula is C19H23F3N5OS+. The molecule has 0 bridgehead atoms. The van der Waals surface area contributed by atoms with Crippen molar-refractivity contribution in [1.29, 1.82) is 0 Å². The maximum Gasteiger partial charge on any atom is 0.449 e. The van der Waals surface area contributed by atoms with E-state index in [1.165, 1.54) is 16.7 Å². The first kappa shape index (κ1) is 20.1. The lowest BCUT2D eigenvalue weighted by atomic mass is 10.0.